The average molecular weight is 311 g/mol. The summed E-state index contributed by atoms with van der Waals surface area (Å²) in [6.07, 6.45) is 1.93. The first-order chi connectivity index (χ1) is 9.17. The summed E-state index contributed by atoms with van der Waals surface area (Å²) >= 11 is 4.24. The number of nitrogens with one attached hydrogen (secondary N) is 1. The zero-order valence-corrected chi connectivity index (χ0v) is 13.0. The van der Waals surface area contributed by atoms with Gasteiger partial charge in [0.25, 0.3) is 0 Å². The monoisotopic (exact) mass is 311 g/mol. The van der Waals surface area contributed by atoms with Crippen molar-refractivity contribution < 1.29 is 4.79 Å². The van der Waals surface area contributed by atoms with Gasteiger partial charge in [0.15, 0.2) is 4.34 Å². The van der Waals surface area contributed by atoms with Crippen LogP contribution in [0.5, 0.6) is 0 Å². The van der Waals surface area contributed by atoms with Crippen molar-refractivity contribution in [3.05, 3.63) is 29.8 Å². The molecule has 1 heterocycles. The summed E-state index contributed by atoms with van der Waals surface area (Å²) in [5.74, 6) is 0.313. The van der Waals surface area contributed by atoms with Crippen LogP contribution in [0.2, 0.25) is 0 Å². The van der Waals surface area contributed by atoms with E-state index < -0.39 is 0 Å². The first-order valence-electron chi connectivity index (χ1n) is 5.54. The molecule has 0 bridgehead atoms. The van der Waals surface area contributed by atoms with E-state index in [1.54, 1.807) is 0 Å². The molecule has 2 rings (SSSR count). The van der Waals surface area contributed by atoms with E-state index in [2.05, 4.69) is 14.7 Å². The molecule has 0 aliphatic carbocycles. The van der Waals surface area contributed by atoms with E-state index in [-0.39, 0.29) is 5.91 Å². The van der Waals surface area contributed by atoms with Crippen LogP contribution in [0.4, 0.5) is 5.69 Å². The van der Waals surface area contributed by atoms with E-state index in [0.717, 1.165) is 20.7 Å². The molecule has 4 nitrogen and oxygen atoms in total. The Bertz CT molecular complexity index is 571. The number of carbonyl (C=O) groups excluding carboxylic acids is 1. The van der Waals surface area contributed by atoms with Crippen LogP contribution >= 0.6 is 35.1 Å². The normalized spacial score (nSPS) is 10.4. The number of anilines is 1. The second-order valence-electron chi connectivity index (χ2n) is 3.75. The number of benzene rings is 1. The fourth-order valence-electron chi connectivity index (χ4n) is 1.39. The lowest BCUT2D eigenvalue weighted by Gasteiger charge is -2.04. The van der Waals surface area contributed by atoms with E-state index in [9.17, 15) is 4.79 Å². The third kappa shape index (κ3) is 4.52. The van der Waals surface area contributed by atoms with Crippen molar-refractivity contribution in [1.82, 2.24) is 9.36 Å². The maximum absolute atomic E-state index is 11.8. The van der Waals surface area contributed by atoms with Crippen LogP contribution in [0.25, 0.3) is 0 Å². The SMILES string of the molecule is CSc1nsc(SCC(=O)Nc2cccc(C)c2)n1. The molecule has 0 radical (unpaired) electrons. The Kier molecular flexibility index (Phi) is 5.24. The number of rotatable bonds is 5. The Hall–Kier alpha value is -1.05. The largest absolute Gasteiger partial charge is 0.325 e. The molecule has 7 heteroatoms. The van der Waals surface area contributed by atoms with E-state index in [4.69, 9.17) is 0 Å². The van der Waals surface area contributed by atoms with Crippen LogP contribution in [0, 0.1) is 6.92 Å². The fraction of sp³-hybridized carbons (Fsp3) is 0.250. The van der Waals surface area contributed by atoms with Gasteiger partial charge in [0, 0.05) is 5.69 Å². The Balaban J connectivity index is 1.84. The number of aryl methyl sites for hydroxylation is 1. The van der Waals surface area contributed by atoms with Gasteiger partial charge in [0.1, 0.15) is 0 Å². The highest BCUT2D eigenvalue weighted by molar-refractivity contribution is 8.01. The van der Waals surface area contributed by atoms with Gasteiger partial charge in [-0.25, -0.2) is 4.98 Å². The van der Waals surface area contributed by atoms with Crippen molar-refractivity contribution in [2.75, 3.05) is 17.3 Å². The van der Waals surface area contributed by atoms with Gasteiger partial charge in [-0.2, -0.15) is 4.37 Å². The fourth-order valence-corrected chi connectivity index (χ4v) is 3.40. The molecule has 0 saturated heterocycles. The molecule has 0 atom stereocenters. The van der Waals surface area contributed by atoms with Crippen LogP contribution in [0.15, 0.2) is 33.8 Å². The predicted molar refractivity (Wildman–Crippen MR) is 82.2 cm³/mol. The smallest absolute Gasteiger partial charge is 0.234 e. The zero-order chi connectivity index (χ0) is 13.7. The Morgan fingerprint density at radius 1 is 1.47 bits per heavy atom. The highest BCUT2D eigenvalue weighted by Crippen LogP contribution is 2.23. The summed E-state index contributed by atoms with van der Waals surface area (Å²) in [6, 6.07) is 7.74. The lowest BCUT2D eigenvalue weighted by molar-refractivity contribution is -0.113. The molecule has 100 valence electrons. The maximum atomic E-state index is 11.8. The van der Waals surface area contributed by atoms with Crippen LogP contribution in [0.3, 0.4) is 0 Å². The third-order valence-corrected chi connectivity index (χ3v) is 4.70. The molecular formula is C12H13N3OS3. The van der Waals surface area contributed by atoms with Gasteiger partial charge in [-0.1, -0.05) is 35.7 Å². The summed E-state index contributed by atoms with van der Waals surface area (Å²) in [4.78, 5) is 16.1. The minimum atomic E-state index is -0.0310. The third-order valence-electron chi connectivity index (χ3n) is 2.20. The number of aromatic nitrogens is 2. The van der Waals surface area contributed by atoms with Gasteiger partial charge < -0.3 is 5.32 Å². The Morgan fingerprint density at radius 2 is 2.32 bits per heavy atom. The molecule has 1 aromatic heterocycles. The molecular weight excluding hydrogens is 298 g/mol. The molecule has 0 unspecified atom stereocenters. The number of carbonyl (C=O) groups is 1. The summed E-state index contributed by atoms with van der Waals surface area (Å²) in [6.45, 7) is 2.00. The number of hydrogen-bond donors (Lipinski definition) is 1. The summed E-state index contributed by atoms with van der Waals surface area (Å²) in [7, 11) is 0. The van der Waals surface area contributed by atoms with Crippen molar-refractivity contribution in [2.45, 2.75) is 16.4 Å². The number of thioether (sulfide) groups is 2. The van der Waals surface area contributed by atoms with E-state index >= 15 is 0 Å². The Morgan fingerprint density at radius 3 is 3.00 bits per heavy atom. The number of nitrogens with zero attached hydrogens (tertiary/aromatic N) is 2. The van der Waals surface area contributed by atoms with Crippen LogP contribution in [0.1, 0.15) is 5.56 Å². The Labute approximate surface area is 124 Å². The first kappa shape index (κ1) is 14.4. The molecule has 0 aliphatic heterocycles. The average Bonchev–Trinajstić information content (AvgIpc) is 2.84. The van der Waals surface area contributed by atoms with Crippen LogP contribution in [-0.4, -0.2) is 27.3 Å². The molecule has 0 fully saturated rings. The second kappa shape index (κ2) is 6.93. The predicted octanol–water partition coefficient (Wildman–Crippen LogP) is 3.30. The summed E-state index contributed by atoms with van der Waals surface area (Å²) < 4.78 is 4.97. The van der Waals surface area contributed by atoms with Gasteiger partial charge in [-0.05, 0) is 42.4 Å². The minimum absolute atomic E-state index is 0.0310. The lowest BCUT2D eigenvalue weighted by Crippen LogP contribution is -2.13. The zero-order valence-electron chi connectivity index (χ0n) is 10.5. The second-order valence-corrected chi connectivity index (χ2v) is 6.50. The highest BCUT2D eigenvalue weighted by atomic mass is 32.2. The number of amides is 1. The van der Waals surface area contributed by atoms with Crippen molar-refractivity contribution in [2.24, 2.45) is 0 Å². The van der Waals surface area contributed by atoms with E-state index in [0.29, 0.717) is 5.75 Å². The van der Waals surface area contributed by atoms with Gasteiger partial charge in [-0.15, -0.1) is 0 Å². The lowest BCUT2D eigenvalue weighted by atomic mass is 10.2. The molecule has 1 N–H and O–H groups in total. The van der Waals surface area contributed by atoms with Crippen LogP contribution in [-0.2, 0) is 4.79 Å². The van der Waals surface area contributed by atoms with Gasteiger partial charge in [-0.3, -0.25) is 4.79 Å². The minimum Gasteiger partial charge on any atom is -0.325 e. The molecule has 1 amide bonds. The summed E-state index contributed by atoms with van der Waals surface area (Å²) in [5.41, 5.74) is 1.95. The van der Waals surface area contributed by atoms with E-state index in [1.165, 1.54) is 35.1 Å². The summed E-state index contributed by atoms with van der Waals surface area (Å²) in [5, 5.41) is 3.62. The molecule has 0 spiro atoms. The van der Waals surface area contributed by atoms with Crippen molar-refractivity contribution in [3.63, 3.8) is 0 Å². The van der Waals surface area contributed by atoms with E-state index in [1.807, 2.05) is 37.4 Å². The van der Waals surface area contributed by atoms with Crippen molar-refractivity contribution in [3.8, 4) is 0 Å². The van der Waals surface area contributed by atoms with Gasteiger partial charge in [0.2, 0.25) is 11.1 Å². The van der Waals surface area contributed by atoms with Crippen molar-refractivity contribution >= 4 is 46.7 Å². The molecule has 1 aromatic carbocycles. The quantitative estimate of drug-likeness (QED) is 0.859. The van der Waals surface area contributed by atoms with Crippen LogP contribution < -0.4 is 5.32 Å². The molecule has 2 aromatic rings. The maximum Gasteiger partial charge on any atom is 0.234 e. The van der Waals surface area contributed by atoms with Gasteiger partial charge in [0.05, 0.1) is 5.75 Å². The molecule has 0 aliphatic rings. The topological polar surface area (TPSA) is 54.9 Å². The van der Waals surface area contributed by atoms with Crippen molar-refractivity contribution in [1.29, 1.82) is 0 Å². The molecule has 19 heavy (non-hydrogen) atoms. The standard InChI is InChI=1S/C12H13N3OS3/c1-8-4-3-5-9(6-8)13-10(16)7-18-12-14-11(17-2)15-19-12/h3-6H,7H2,1-2H3,(H,13,16). The highest BCUT2D eigenvalue weighted by Gasteiger charge is 2.07. The first-order valence-corrected chi connectivity index (χ1v) is 8.53. The number of hydrogen-bond acceptors (Lipinski definition) is 6. The van der Waals surface area contributed by atoms with Gasteiger partial charge >= 0.3 is 0 Å². The molecule has 0 saturated carbocycles.